The fraction of sp³-hybridized carbons (Fsp3) is 0.308. The van der Waals surface area contributed by atoms with E-state index in [1.165, 1.54) is 0 Å². The number of aromatic amines is 1. The molecule has 1 heterocycles. The zero-order valence-corrected chi connectivity index (χ0v) is 19.6. The van der Waals surface area contributed by atoms with Gasteiger partial charge in [0.05, 0.1) is 0 Å². The van der Waals surface area contributed by atoms with Gasteiger partial charge in [0.15, 0.2) is 5.82 Å². The van der Waals surface area contributed by atoms with Gasteiger partial charge in [-0.15, -0.1) is 0 Å². The Hall–Kier alpha value is -4.14. The molecule has 4 N–H and O–H groups in total. The van der Waals surface area contributed by atoms with Crippen LogP contribution in [-0.2, 0) is 14.3 Å². The standard InChI is InChI=1S/C26H28N4O5/c1-15(2)22-13-23(30-29-22)28-25(33)21(11-12-24(31)32)27-26(34)35-14-20-18-9-5-3-7-16(18)17-8-4-6-10-19(17)20/h3-10,13,15,20-21H,11-12,14H2,1-2H3,(H,27,34)(H,31,32)(H2,28,29,30,33). The first kappa shape index (κ1) is 24.0. The molecule has 35 heavy (non-hydrogen) atoms. The van der Waals surface area contributed by atoms with E-state index in [0.29, 0.717) is 5.82 Å². The maximum absolute atomic E-state index is 12.8. The number of hydrogen-bond donors (Lipinski definition) is 4. The lowest BCUT2D eigenvalue weighted by molar-refractivity contribution is -0.137. The van der Waals surface area contributed by atoms with Crippen LogP contribution in [0.3, 0.4) is 0 Å². The minimum Gasteiger partial charge on any atom is -0.481 e. The Morgan fingerprint density at radius 2 is 1.69 bits per heavy atom. The van der Waals surface area contributed by atoms with Crippen molar-refractivity contribution >= 4 is 23.8 Å². The van der Waals surface area contributed by atoms with Crippen molar-refractivity contribution in [1.29, 1.82) is 0 Å². The number of aromatic nitrogens is 2. The Labute approximate surface area is 202 Å². The lowest BCUT2D eigenvalue weighted by Gasteiger charge is -2.19. The quantitative estimate of drug-likeness (QED) is 0.365. The highest BCUT2D eigenvalue weighted by molar-refractivity contribution is 5.96. The van der Waals surface area contributed by atoms with Gasteiger partial charge in [-0.1, -0.05) is 62.4 Å². The van der Waals surface area contributed by atoms with Gasteiger partial charge < -0.3 is 20.5 Å². The molecule has 1 aromatic heterocycles. The van der Waals surface area contributed by atoms with Crippen molar-refractivity contribution in [2.45, 2.75) is 44.6 Å². The molecule has 4 rings (SSSR count). The minimum absolute atomic E-state index is 0.0875. The van der Waals surface area contributed by atoms with Gasteiger partial charge in [-0.25, -0.2) is 4.79 Å². The van der Waals surface area contributed by atoms with E-state index in [-0.39, 0.29) is 31.3 Å². The topological polar surface area (TPSA) is 133 Å². The summed E-state index contributed by atoms with van der Waals surface area (Å²) < 4.78 is 5.51. The molecule has 2 aromatic carbocycles. The van der Waals surface area contributed by atoms with Crippen LogP contribution in [0.2, 0.25) is 0 Å². The predicted octanol–water partition coefficient (Wildman–Crippen LogP) is 4.24. The monoisotopic (exact) mass is 476 g/mol. The van der Waals surface area contributed by atoms with E-state index in [9.17, 15) is 14.4 Å². The third kappa shape index (κ3) is 5.51. The molecule has 9 heteroatoms. The van der Waals surface area contributed by atoms with Crippen LogP contribution in [0.1, 0.15) is 55.3 Å². The number of anilines is 1. The average Bonchev–Trinajstić information content (AvgIpc) is 3.43. The van der Waals surface area contributed by atoms with Gasteiger partial charge in [-0.05, 0) is 34.6 Å². The van der Waals surface area contributed by atoms with Gasteiger partial charge in [0, 0.05) is 24.1 Å². The molecule has 0 radical (unpaired) electrons. The number of H-pyrrole nitrogens is 1. The summed E-state index contributed by atoms with van der Waals surface area (Å²) in [5.41, 5.74) is 5.19. The molecule has 0 aliphatic heterocycles. The Bertz CT molecular complexity index is 1190. The molecular formula is C26H28N4O5. The Balaban J connectivity index is 1.41. The van der Waals surface area contributed by atoms with Crippen LogP contribution in [0.25, 0.3) is 11.1 Å². The molecule has 9 nitrogen and oxygen atoms in total. The van der Waals surface area contributed by atoms with Crippen molar-refractivity contribution < 1.29 is 24.2 Å². The Morgan fingerprint density at radius 3 is 2.26 bits per heavy atom. The van der Waals surface area contributed by atoms with Gasteiger partial charge >= 0.3 is 12.1 Å². The molecule has 0 saturated heterocycles. The zero-order valence-electron chi connectivity index (χ0n) is 19.6. The summed E-state index contributed by atoms with van der Waals surface area (Å²) in [5.74, 6) is -1.28. The second-order valence-corrected chi connectivity index (χ2v) is 8.81. The summed E-state index contributed by atoms with van der Waals surface area (Å²) in [5, 5.41) is 21.1. The molecule has 1 aliphatic rings. The largest absolute Gasteiger partial charge is 0.481 e. The van der Waals surface area contributed by atoms with E-state index in [2.05, 4.69) is 20.8 Å². The van der Waals surface area contributed by atoms with Crippen LogP contribution in [0.4, 0.5) is 10.6 Å². The predicted molar refractivity (Wildman–Crippen MR) is 130 cm³/mol. The maximum atomic E-state index is 12.8. The molecule has 182 valence electrons. The van der Waals surface area contributed by atoms with E-state index in [0.717, 1.165) is 27.9 Å². The summed E-state index contributed by atoms with van der Waals surface area (Å²) >= 11 is 0. The number of ether oxygens (including phenoxy) is 1. The Morgan fingerprint density at radius 1 is 1.06 bits per heavy atom. The number of alkyl carbamates (subject to hydrolysis) is 1. The van der Waals surface area contributed by atoms with E-state index in [4.69, 9.17) is 9.84 Å². The van der Waals surface area contributed by atoms with Crippen LogP contribution in [0, 0.1) is 0 Å². The number of carbonyl (C=O) groups is 3. The number of nitrogens with zero attached hydrogens (tertiary/aromatic N) is 1. The number of rotatable bonds is 9. The fourth-order valence-electron chi connectivity index (χ4n) is 4.23. The summed E-state index contributed by atoms with van der Waals surface area (Å²) in [7, 11) is 0. The first-order chi connectivity index (χ1) is 16.8. The summed E-state index contributed by atoms with van der Waals surface area (Å²) in [6, 6.07) is 16.6. The van der Waals surface area contributed by atoms with Crippen molar-refractivity contribution in [3.63, 3.8) is 0 Å². The van der Waals surface area contributed by atoms with Gasteiger partial charge in [0.25, 0.3) is 0 Å². The van der Waals surface area contributed by atoms with Crippen LogP contribution < -0.4 is 10.6 Å². The molecule has 0 spiro atoms. The molecule has 0 saturated carbocycles. The number of fused-ring (bicyclic) bond motifs is 3. The molecule has 0 fully saturated rings. The second-order valence-electron chi connectivity index (χ2n) is 8.81. The van der Waals surface area contributed by atoms with Gasteiger partial charge in [0.1, 0.15) is 12.6 Å². The number of amides is 2. The highest BCUT2D eigenvalue weighted by atomic mass is 16.5. The first-order valence-corrected chi connectivity index (χ1v) is 11.5. The van der Waals surface area contributed by atoms with Crippen LogP contribution in [-0.4, -0.2) is 45.9 Å². The molecule has 2 amide bonds. The van der Waals surface area contributed by atoms with Gasteiger partial charge in [0.2, 0.25) is 5.91 Å². The van der Waals surface area contributed by atoms with E-state index in [1.807, 2.05) is 62.4 Å². The number of carbonyl (C=O) groups excluding carboxylic acids is 2. The highest BCUT2D eigenvalue weighted by Gasteiger charge is 2.30. The lowest BCUT2D eigenvalue weighted by Crippen LogP contribution is -2.44. The van der Waals surface area contributed by atoms with E-state index < -0.39 is 24.0 Å². The van der Waals surface area contributed by atoms with Crippen molar-refractivity contribution in [3.8, 4) is 11.1 Å². The van der Waals surface area contributed by atoms with Crippen LogP contribution >= 0.6 is 0 Å². The smallest absolute Gasteiger partial charge is 0.407 e. The summed E-state index contributed by atoms with van der Waals surface area (Å²) in [6.07, 6.45) is -1.17. The lowest BCUT2D eigenvalue weighted by atomic mass is 9.98. The van der Waals surface area contributed by atoms with Crippen molar-refractivity contribution in [2.24, 2.45) is 0 Å². The van der Waals surface area contributed by atoms with Gasteiger partial charge in [-0.3, -0.25) is 14.7 Å². The number of carboxylic acids is 1. The van der Waals surface area contributed by atoms with E-state index in [1.54, 1.807) is 6.07 Å². The molecule has 3 aromatic rings. The van der Waals surface area contributed by atoms with Crippen molar-refractivity contribution in [3.05, 3.63) is 71.4 Å². The SMILES string of the molecule is CC(C)c1cc(NC(=O)C(CCC(=O)O)NC(=O)OCC2c3ccccc3-c3ccccc32)n[nH]1. The van der Waals surface area contributed by atoms with Crippen molar-refractivity contribution in [2.75, 3.05) is 11.9 Å². The number of carboxylic acid groups (broad SMARTS) is 1. The highest BCUT2D eigenvalue weighted by Crippen LogP contribution is 2.44. The number of hydrogen-bond acceptors (Lipinski definition) is 5. The summed E-state index contributed by atoms with van der Waals surface area (Å²) in [6.45, 7) is 4.05. The fourth-order valence-corrected chi connectivity index (χ4v) is 4.23. The van der Waals surface area contributed by atoms with Crippen LogP contribution in [0.5, 0.6) is 0 Å². The molecular weight excluding hydrogens is 448 g/mol. The Kier molecular flexibility index (Phi) is 7.14. The number of nitrogens with one attached hydrogen (secondary N) is 3. The third-order valence-electron chi connectivity index (χ3n) is 6.07. The zero-order chi connectivity index (χ0) is 24.9. The minimum atomic E-state index is -1.10. The first-order valence-electron chi connectivity index (χ1n) is 11.5. The van der Waals surface area contributed by atoms with Crippen molar-refractivity contribution in [1.82, 2.24) is 15.5 Å². The average molecular weight is 477 g/mol. The normalized spacial score (nSPS) is 13.1. The maximum Gasteiger partial charge on any atom is 0.407 e. The number of aliphatic carboxylic acids is 1. The third-order valence-corrected chi connectivity index (χ3v) is 6.07. The van der Waals surface area contributed by atoms with E-state index >= 15 is 0 Å². The van der Waals surface area contributed by atoms with Crippen LogP contribution in [0.15, 0.2) is 54.6 Å². The molecule has 1 aliphatic carbocycles. The van der Waals surface area contributed by atoms with Gasteiger partial charge in [-0.2, -0.15) is 5.10 Å². The second kappa shape index (κ2) is 10.4. The molecule has 1 unspecified atom stereocenters. The summed E-state index contributed by atoms with van der Waals surface area (Å²) in [4.78, 5) is 36.5. The number of benzene rings is 2. The molecule has 0 bridgehead atoms. The molecule has 1 atom stereocenters.